The molecule has 3 aromatic carbocycles. The van der Waals surface area contributed by atoms with Crippen LogP contribution in [0, 0.1) is 6.92 Å². The van der Waals surface area contributed by atoms with Gasteiger partial charge in [0.1, 0.15) is 5.54 Å². The van der Waals surface area contributed by atoms with Gasteiger partial charge >= 0.3 is 6.03 Å². The second kappa shape index (κ2) is 7.78. The average molecular weight is 439 g/mol. The summed E-state index contributed by atoms with van der Waals surface area (Å²) in [6.45, 7) is 3.79. The molecular weight excluding hydrogens is 419 g/mol. The highest BCUT2D eigenvalue weighted by atomic mass is 35.5. The van der Waals surface area contributed by atoms with E-state index in [-0.39, 0.29) is 5.91 Å². The van der Waals surface area contributed by atoms with Crippen LogP contribution in [0.4, 0.5) is 10.5 Å². The summed E-state index contributed by atoms with van der Waals surface area (Å²) in [6.07, 6.45) is 0.371. The first-order valence-electron chi connectivity index (χ1n) is 9.54. The summed E-state index contributed by atoms with van der Waals surface area (Å²) in [5.41, 5.74) is 3.69. The van der Waals surface area contributed by atoms with Gasteiger partial charge < -0.3 is 5.32 Å². The summed E-state index contributed by atoms with van der Waals surface area (Å²) in [7, 11) is 0. The monoisotopic (exact) mass is 438 g/mol. The number of halogens is 2. The minimum absolute atomic E-state index is 0.339. The Balaban J connectivity index is 1.57. The number of imide groups is 1. The normalized spacial score (nSPS) is 18.6. The molecule has 0 spiro atoms. The van der Waals surface area contributed by atoms with Crippen LogP contribution in [0.15, 0.2) is 66.7 Å². The molecule has 0 saturated carbocycles. The molecule has 1 aliphatic rings. The maximum Gasteiger partial charge on any atom is 0.329 e. The van der Waals surface area contributed by atoms with E-state index in [1.807, 2.05) is 30.3 Å². The molecule has 3 amide bonds. The van der Waals surface area contributed by atoms with Crippen molar-refractivity contribution in [2.24, 2.45) is 0 Å². The van der Waals surface area contributed by atoms with Crippen molar-refractivity contribution in [3.05, 3.63) is 87.9 Å². The summed E-state index contributed by atoms with van der Waals surface area (Å²) in [5, 5.41) is 3.54. The molecule has 1 unspecified atom stereocenters. The second-order valence-corrected chi connectivity index (χ2v) is 8.65. The SMILES string of the molecule is Cc1cccc(-c2ccc(CC3(C)NC(=O)N(c4cc(Cl)cc(Cl)c4)C3=O)cc2)c1. The zero-order valence-electron chi connectivity index (χ0n) is 16.6. The van der Waals surface area contributed by atoms with E-state index in [4.69, 9.17) is 23.2 Å². The topological polar surface area (TPSA) is 49.4 Å². The molecule has 152 valence electrons. The van der Waals surface area contributed by atoms with Gasteiger partial charge in [-0.15, -0.1) is 0 Å². The van der Waals surface area contributed by atoms with E-state index in [0.29, 0.717) is 22.2 Å². The lowest BCUT2D eigenvalue weighted by Crippen LogP contribution is -2.46. The Bertz CT molecular complexity index is 1120. The standard InChI is InChI=1S/C24H20Cl2N2O2/c1-15-4-3-5-18(10-15)17-8-6-16(7-9-17)14-24(2)22(29)28(23(30)27-24)21-12-19(25)11-20(26)13-21/h3-13H,14H2,1-2H3,(H,27,30). The van der Waals surface area contributed by atoms with Gasteiger partial charge in [-0.2, -0.15) is 0 Å². The lowest BCUT2D eigenvalue weighted by atomic mass is 9.91. The highest BCUT2D eigenvalue weighted by molar-refractivity contribution is 6.35. The molecule has 4 nitrogen and oxygen atoms in total. The first-order valence-corrected chi connectivity index (χ1v) is 10.3. The highest BCUT2D eigenvalue weighted by Gasteiger charge is 2.48. The molecule has 1 saturated heterocycles. The van der Waals surface area contributed by atoms with Crippen LogP contribution in [0.25, 0.3) is 11.1 Å². The number of anilines is 1. The van der Waals surface area contributed by atoms with Gasteiger partial charge in [-0.25, -0.2) is 9.69 Å². The van der Waals surface area contributed by atoms with Crippen molar-refractivity contribution < 1.29 is 9.59 Å². The molecule has 0 aromatic heterocycles. The Labute approximate surface area is 185 Å². The van der Waals surface area contributed by atoms with Crippen LogP contribution in [0.5, 0.6) is 0 Å². The number of hydrogen-bond acceptors (Lipinski definition) is 2. The predicted molar refractivity (Wildman–Crippen MR) is 121 cm³/mol. The van der Waals surface area contributed by atoms with Crippen molar-refractivity contribution in [2.75, 3.05) is 4.90 Å². The smallest absolute Gasteiger partial charge is 0.323 e. The van der Waals surface area contributed by atoms with Gasteiger partial charge in [-0.1, -0.05) is 77.3 Å². The molecule has 0 bridgehead atoms. The van der Waals surface area contributed by atoms with Crippen LogP contribution in [-0.2, 0) is 11.2 Å². The summed E-state index contributed by atoms with van der Waals surface area (Å²) in [5.74, 6) is -0.339. The molecule has 0 aliphatic carbocycles. The predicted octanol–water partition coefficient (Wildman–Crippen LogP) is 6.03. The molecule has 1 fully saturated rings. The van der Waals surface area contributed by atoms with Gasteiger partial charge in [0.15, 0.2) is 0 Å². The zero-order chi connectivity index (χ0) is 21.5. The zero-order valence-corrected chi connectivity index (χ0v) is 18.1. The molecular formula is C24H20Cl2N2O2. The first-order chi connectivity index (χ1) is 14.2. The fourth-order valence-corrected chi connectivity index (χ4v) is 4.27. The fourth-order valence-electron chi connectivity index (χ4n) is 3.75. The quantitative estimate of drug-likeness (QED) is 0.505. The van der Waals surface area contributed by atoms with E-state index in [9.17, 15) is 9.59 Å². The van der Waals surface area contributed by atoms with Gasteiger partial charge in [0.05, 0.1) is 5.69 Å². The number of amides is 3. The highest BCUT2D eigenvalue weighted by Crippen LogP contribution is 2.32. The number of urea groups is 1. The lowest BCUT2D eigenvalue weighted by molar-refractivity contribution is -0.121. The largest absolute Gasteiger partial charge is 0.329 e. The Morgan fingerprint density at radius 3 is 2.20 bits per heavy atom. The molecule has 1 atom stereocenters. The third kappa shape index (κ3) is 3.93. The van der Waals surface area contributed by atoms with Crippen molar-refractivity contribution in [3.63, 3.8) is 0 Å². The van der Waals surface area contributed by atoms with Crippen molar-refractivity contribution in [2.45, 2.75) is 25.8 Å². The van der Waals surface area contributed by atoms with Gasteiger partial charge in [0.2, 0.25) is 0 Å². The van der Waals surface area contributed by atoms with Crippen LogP contribution in [0.3, 0.4) is 0 Å². The van der Waals surface area contributed by atoms with Gasteiger partial charge in [0.25, 0.3) is 5.91 Å². The van der Waals surface area contributed by atoms with E-state index >= 15 is 0 Å². The van der Waals surface area contributed by atoms with Crippen molar-refractivity contribution in [1.29, 1.82) is 0 Å². The lowest BCUT2D eigenvalue weighted by Gasteiger charge is -2.22. The number of carbonyl (C=O) groups excluding carboxylic acids is 2. The number of aryl methyl sites for hydroxylation is 1. The van der Waals surface area contributed by atoms with Crippen LogP contribution in [0.2, 0.25) is 10.0 Å². The molecule has 3 aromatic rings. The van der Waals surface area contributed by atoms with E-state index < -0.39 is 11.6 Å². The van der Waals surface area contributed by atoms with Gasteiger partial charge in [-0.3, -0.25) is 4.79 Å². The van der Waals surface area contributed by atoms with Crippen molar-refractivity contribution in [3.8, 4) is 11.1 Å². The summed E-state index contributed by atoms with van der Waals surface area (Å²) in [4.78, 5) is 26.8. The van der Waals surface area contributed by atoms with E-state index in [1.165, 1.54) is 5.56 Å². The maximum atomic E-state index is 13.1. The van der Waals surface area contributed by atoms with Crippen molar-refractivity contribution in [1.82, 2.24) is 5.32 Å². The maximum absolute atomic E-state index is 13.1. The molecule has 1 heterocycles. The summed E-state index contributed by atoms with van der Waals surface area (Å²) < 4.78 is 0. The van der Waals surface area contributed by atoms with Crippen LogP contribution >= 0.6 is 23.2 Å². The molecule has 6 heteroatoms. The number of hydrogen-bond donors (Lipinski definition) is 1. The van der Waals surface area contributed by atoms with Crippen LogP contribution in [0.1, 0.15) is 18.1 Å². The van der Waals surface area contributed by atoms with Crippen LogP contribution < -0.4 is 10.2 Å². The van der Waals surface area contributed by atoms with Gasteiger partial charge in [0, 0.05) is 16.5 Å². The summed E-state index contributed by atoms with van der Waals surface area (Å²) >= 11 is 12.1. The molecule has 4 rings (SSSR count). The number of nitrogens with one attached hydrogen (secondary N) is 1. The number of nitrogens with zero attached hydrogens (tertiary/aromatic N) is 1. The molecule has 1 N–H and O–H groups in total. The second-order valence-electron chi connectivity index (χ2n) is 7.77. The first kappa shape index (κ1) is 20.5. The average Bonchev–Trinajstić information content (AvgIpc) is 2.89. The van der Waals surface area contributed by atoms with Crippen LogP contribution in [-0.4, -0.2) is 17.5 Å². The number of rotatable bonds is 4. The van der Waals surface area contributed by atoms with Crippen molar-refractivity contribution >= 4 is 40.8 Å². The van der Waals surface area contributed by atoms with E-state index in [1.54, 1.807) is 25.1 Å². The number of benzene rings is 3. The fraction of sp³-hybridized carbons (Fsp3) is 0.167. The number of carbonyl (C=O) groups is 2. The van der Waals surface area contributed by atoms with E-state index in [0.717, 1.165) is 21.6 Å². The summed E-state index contributed by atoms with van der Waals surface area (Å²) in [6, 6.07) is 20.5. The minimum Gasteiger partial charge on any atom is -0.323 e. The third-order valence-electron chi connectivity index (χ3n) is 5.23. The Hall–Kier alpha value is -2.82. The Morgan fingerprint density at radius 2 is 1.57 bits per heavy atom. The molecule has 0 radical (unpaired) electrons. The minimum atomic E-state index is -1.06. The Morgan fingerprint density at radius 1 is 0.900 bits per heavy atom. The third-order valence-corrected chi connectivity index (χ3v) is 5.67. The van der Waals surface area contributed by atoms with Gasteiger partial charge in [-0.05, 0) is 48.7 Å². The Kier molecular flexibility index (Phi) is 5.31. The van der Waals surface area contributed by atoms with E-state index in [2.05, 4.69) is 30.4 Å². The molecule has 30 heavy (non-hydrogen) atoms. The molecule has 1 aliphatic heterocycles.